The van der Waals surface area contributed by atoms with Gasteiger partial charge in [-0.25, -0.2) is 5.84 Å². The van der Waals surface area contributed by atoms with Crippen LogP contribution in [0.1, 0.15) is 46.0 Å². The van der Waals surface area contributed by atoms with Crippen LogP contribution in [0.4, 0.5) is 0 Å². The van der Waals surface area contributed by atoms with E-state index in [9.17, 15) is 9.59 Å². The summed E-state index contributed by atoms with van der Waals surface area (Å²) in [5.74, 6) is 5.49. The third-order valence-corrected chi connectivity index (χ3v) is 3.55. The lowest BCUT2D eigenvalue weighted by molar-refractivity contribution is -0.139. The molecule has 5 heteroatoms. The van der Waals surface area contributed by atoms with Crippen molar-refractivity contribution in [3.63, 3.8) is 0 Å². The summed E-state index contributed by atoms with van der Waals surface area (Å²) in [6.45, 7) is 4.55. The highest BCUT2D eigenvalue weighted by molar-refractivity contribution is 5.87. The second-order valence-electron chi connectivity index (χ2n) is 4.75. The van der Waals surface area contributed by atoms with E-state index in [-0.39, 0.29) is 11.8 Å². The van der Waals surface area contributed by atoms with E-state index in [1.165, 1.54) is 6.42 Å². The third-order valence-electron chi connectivity index (χ3n) is 3.55. The van der Waals surface area contributed by atoms with E-state index in [0.717, 1.165) is 19.3 Å². The number of nitrogens with zero attached hydrogens (tertiary/aromatic N) is 1. The van der Waals surface area contributed by atoms with Crippen LogP contribution in [0.5, 0.6) is 0 Å². The topological polar surface area (TPSA) is 75.4 Å². The van der Waals surface area contributed by atoms with Gasteiger partial charge in [0.25, 0.3) is 5.91 Å². The van der Waals surface area contributed by atoms with Crippen LogP contribution < -0.4 is 11.3 Å². The van der Waals surface area contributed by atoms with Crippen LogP contribution in [0.3, 0.4) is 0 Å². The highest BCUT2D eigenvalue weighted by Gasteiger charge is 2.28. The van der Waals surface area contributed by atoms with Gasteiger partial charge in [-0.15, -0.1) is 0 Å². The van der Waals surface area contributed by atoms with E-state index in [2.05, 4.69) is 12.3 Å². The summed E-state index contributed by atoms with van der Waals surface area (Å²) < 4.78 is 0. The van der Waals surface area contributed by atoms with E-state index >= 15 is 0 Å². The summed E-state index contributed by atoms with van der Waals surface area (Å²) in [6, 6.07) is -0.465. The first kappa shape index (κ1) is 14.0. The van der Waals surface area contributed by atoms with Gasteiger partial charge in [-0.2, -0.15) is 0 Å². The van der Waals surface area contributed by atoms with Gasteiger partial charge in [0.15, 0.2) is 0 Å². The molecule has 0 radical (unpaired) electrons. The minimum absolute atomic E-state index is 0.0692. The largest absolute Gasteiger partial charge is 0.331 e. The lowest BCUT2D eigenvalue weighted by atomic mass is 9.96. The van der Waals surface area contributed by atoms with Crippen LogP contribution in [0.15, 0.2) is 0 Å². The third kappa shape index (κ3) is 3.70. The van der Waals surface area contributed by atoms with Gasteiger partial charge in [0, 0.05) is 13.0 Å². The Bertz CT molecular complexity index is 281. The maximum Gasteiger partial charge on any atom is 0.256 e. The van der Waals surface area contributed by atoms with Gasteiger partial charge in [0.05, 0.1) is 0 Å². The van der Waals surface area contributed by atoms with Gasteiger partial charge in [-0.3, -0.25) is 15.0 Å². The molecule has 0 aliphatic carbocycles. The SMILES string of the molecule is CCCC1CCC(=O)N(C(C)C(=O)NN)CC1. The Morgan fingerprint density at radius 3 is 2.88 bits per heavy atom. The number of carbonyl (C=O) groups excluding carboxylic acids is 2. The van der Waals surface area contributed by atoms with Gasteiger partial charge in [-0.05, 0) is 25.7 Å². The zero-order valence-electron chi connectivity index (χ0n) is 10.7. The van der Waals surface area contributed by atoms with E-state index < -0.39 is 6.04 Å². The number of hydrogen-bond acceptors (Lipinski definition) is 3. The molecule has 0 spiro atoms. The van der Waals surface area contributed by atoms with Crippen molar-refractivity contribution in [1.82, 2.24) is 10.3 Å². The molecule has 0 aromatic heterocycles. The molecule has 2 atom stereocenters. The van der Waals surface area contributed by atoms with E-state index in [0.29, 0.717) is 18.9 Å². The van der Waals surface area contributed by atoms with E-state index in [4.69, 9.17) is 5.84 Å². The van der Waals surface area contributed by atoms with Crippen molar-refractivity contribution in [3.8, 4) is 0 Å². The molecule has 0 saturated carbocycles. The summed E-state index contributed by atoms with van der Waals surface area (Å²) in [4.78, 5) is 25.0. The molecule has 1 heterocycles. The van der Waals surface area contributed by atoms with Crippen molar-refractivity contribution >= 4 is 11.8 Å². The van der Waals surface area contributed by atoms with E-state index in [1.54, 1.807) is 11.8 Å². The maximum atomic E-state index is 11.9. The predicted molar refractivity (Wildman–Crippen MR) is 65.8 cm³/mol. The molecule has 1 aliphatic rings. The number of hydrogen-bond donors (Lipinski definition) is 2. The molecule has 1 rings (SSSR count). The minimum atomic E-state index is -0.465. The first-order chi connectivity index (χ1) is 8.10. The Hall–Kier alpha value is -1.10. The number of nitrogens with one attached hydrogen (secondary N) is 1. The molecule has 2 amide bonds. The molecular formula is C12H23N3O2. The molecule has 5 nitrogen and oxygen atoms in total. The quantitative estimate of drug-likeness (QED) is 0.434. The van der Waals surface area contributed by atoms with Crippen LogP contribution in [0.25, 0.3) is 0 Å². The molecule has 17 heavy (non-hydrogen) atoms. The second-order valence-corrected chi connectivity index (χ2v) is 4.75. The van der Waals surface area contributed by atoms with Crippen LogP contribution >= 0.6 is 0 Å². The lowest BCUT2D eigenvalue weighted by Gasteiger charge is -2.26. The predicted octanol–water partition coefficient (Wildman–Crippen LogP) is 0.794. The molecule has 2 unspecified atom stereocenters. The van der Waals surface area contributed by atoms with Crippen molar-refractivity contribution in [1.29, 1.82) is 0 Å². The number of rotatable bonds is 4. The highest BCUT2D eigenvalue weighted by Crippen LogP contribution is 2.23. The van der Waals surface area contributed by atoms with Crippen molar-refractivity contribution in [3.05, 3.63) is 0 Å². The van der Waals surface area contributed by atoms with Crippen molar-refractivity contribution in [2.45, 2.75) is 52.0 Å². The Labute approximate surface area is 103 Å². The van der Waals surface area contributed by atoms with Crippen molar-refractivity contribution in [2.24, 2.45) is 11.8 Å². The van der Waals surface area contributed by atoms with Crippen LogP contribution in [0, 0.1) is 5.92 Å². The molecular weight excluding hydrogens is 218 g/mol. The first-order valence-electron chi connectivity index (χ1n) is 6.40. The van der Waals surface area contributed by atoms with Gasteiger partial charge < -0.3 is 4.90 Å². The summed E-state index contributed by atoms with van der Waals surface area (Å²) in [7, 11) is 0. The molecule has 0 aromatic rings. The Kier molecular flexibility index (Phi) is 5.41. The van der Waals surface area contributed by atoms with Gasteiger partial charge in [-0.1, -0.05) is 19.8 Å². The number of hydrazine groups is 1. The Morgan fingerprint density at radius 2 is 2.29 bits per heavy atom. The number of amides is 2. The van der Waals surface area contributed by atoms with Gasteiger partial charge in [0.1, 0.15) is 6.04 Å². The average molecular weight is 241 g/mol. The molecule has 1 aliphatic heterocycles. The normalized spacial score (nSPS) is 23.1. The number of carbonyl (C=O) groups is 2. The standard InChI is InChI=1S/C12H23N3O2/c1-3-4-10-5-6-11(16)15(8-7-10)9(2)12(17)14-13/h9-10H,3-8,13H2,1-2H3,(H,14,17). The zero-order chi connectivity index (χ0) is 12.8. The van der Waals surface area contributed by atoms with Crippen LogP contribution in [0.2, 0.25) is 0 Å². The highest BCUT2D eigenvalue weighted by atomic mass is 16.2. The van der Waals surface area contributed by atoms with Gasteiger partial charge in [0.2, 0.25) is 5.91 Å². The molecule has 3 N–H and O–H groups in total. The minimum Gasteiger partial charge on any atom is -0.331 e. The Morgan fingerprint density at radius 1 is 1.59 bits per heavy atom. The van der Waals surface area contributed by atoms with Gasteiger partial charge >= 0.3 is 0 Å². The molecule has 0 bridgehead atoms. The van der Waals surface area contributed by atoms with E-state index in [1.807, 2.05) is 0 Å². The van der Waals surface area contributed by atoms with Crippen molar-refractivity contribution in [2.75, 3.05) is 6.54 Å². The smallest absolute Gasteiger partial charge is 0.256 e. The summed E-state index contributed by atoms with van der Waals surface area (Å²) >= 11 is 0. The van der Waals surface area contributed by atoms with Crippen LogP contribution in [-0.4, -0.2) is 29.3 Å². The fraction of sp³-hybridized carbons (Fsp3) is 0.833. The summed E-state index contributed by atoms with van der Waals surface area (Å²) in [5.41, 5.74) is 2.11. The number of likely N-dealkylation sites (tertiary alicyclic amines) is 1. The molecule has 1 fully saturated rings. The summed E-state index contributed by atoms with van der Waals surface area (Å²) in [5, 5.41) is 0. The number of nitrogens with two attached hydrogens (primary N) is 1. The molecule has 98 valence electrons. The zero-order valence-corrected chi connectivity index (χ0v) is 10.7. The lowest BCUT2D eigenvalue weighted by Crippen LogP contribution is -2.49. The molecule has 0 aromatic carbocycles. The Balaban J connectivity index is 2.61. The molecule has 1 saturated heterocycles. The second kappa shape index (κ2) is 6.59. The van der Waals surface area contributed by atoms with Crippen molar-refractivity contribution < 1.29 is 9.59 Å². The fourth-order valence-corrected chi connectivity index (χ4v) is 2.43. The monoisotopic (exact) mass is 241 g/mol. The average Bonchev–Trinajstić information content (AvgIpc) is 2.51. The fourth-order valence-electron chi connectivity index (χ4n) is 2.43. The first-order valence-corrected chi connectivity index (χ1v) is 6.40. The van der Waals surface area contributed by atoms with Crippen LogP contribution in [-0.2, 0) is 9.59 Å². The maximum absolute atomic E-state index is 11.9. The summed E-state index contributed by atoms with van der Waals surface area (Å²) in [6.07, 6.45) is 4.80.